The summed E-state index contributed by atoms with van der Waals surface area (Å²) in [7, 11) is 0. The molecule has 0 spiro atoms. The molecule has 3 rings (SSSR count). The number of allylic oxidation sites excluding steroid dienone is 1. The average molecular weight is 485 g/mol. The molecular weight excluding hydrogens is 469 g/mol. The Morgan fingerprint density at radius 2 is 1.94 bits per heavy atom. The summed E-state index contributed by atoms with van der Waals surface area (Å²) in [4.78, 5) is 28.8. The van der Waals surface area contributed by atoms with Crippen LogP contribution in [-0.4, -0.2) is 36.0 Å². The van der Waals surface area contributed by atoms with Crippen LogP contribution in [0.4, 0.5) is 14.5 Å². The van der Waals surface area contributed by atoms with E-state index in [4.69, 9.17) is 32.7 Å². The molecule has 1 aromatic heterocycles. The zero-order valence-electron chi connectivity index (χ0n) is 16.5. The molecule has 0 aliphatic heterocycles. The number of benzene rings is 1. The van der Waals surface area contributed by atoms with Crippen molar-refractivity contribution < 1.29 is 32.6 Å². The molecule has 11 heteroatoms. The molecule has 32 heavy (non-hydrogen) atoms. The summed E-state index contributed by atoms with van der Waals surface area (Å²) < 4.78 is 40.9. The molecule has 7 nitrogen and oxygen atoms in total. The number of halogens is 4. The van der Waals surface area contributed by atoms with Crippen molar-refractivity contribution in [2.75, 3.05) is 11.9 Å². The molecule has 0 saturated heterocycles. The molecule has 0 radical (unpaired) electrons. The van der Waals surface area contributed by atoms with Crippen LogP contribution in [0.1, 0.15) is 17.3 Å². The number of hydrogen-bond donors (Lipinski definition) is 1. The van der Waals surface area contributed by atoms with Crippen LogP contribution in [0, 0.1) is 0 Å². The van der Waals surface area contributed by atoms with E-state index in [-0.39, 0.29) is 32.8 Å². The van der Waals surface area contributed by atoms with Crippen molar-refractivity contribution in [1.82, 2.24) is 4.98 Å². The fourth-order valence-electron chi connectivity index (χ4n) is 2.69. The first-order valence-corrected chi connectivity index (χ1v) is 9.96. The van der Waals surface area contributed by atoms with Crippen molar-refractivity contribution in [3.05, 3.63) is 70.2 Å². The van der Waals surface area contributed by atoms with E-state index in [9.17, 15) is 18.4 Å². The highest BCUT2D eigenvalue weighted by Crippen LogP contribution is 2.33. The Morgan fingerprint density at radius 3 is 2.56 bits per heavy atom. The maximum absolute atomic E-state index is 12.8. The highest BCUT2D eigenvalue weighted by molar-refractivity contribution is 6.39. The number of pyridine rings is 1. The molecule has 1 atom stereocenters. The van der Waals surface area contributed by atoms with Gasteiger partial charge in [-0.2, -0.15) is 8.78 Å². The van der Waals surface area contributed by atoms with Crippen LogP contribution in [0.3, 0.4) is 0 Å². The molecule has 1 aromatic carbocycles. The summed E-state index contributed by atoms with van der Waals surface area (Å²) in [6.07, 6.45) is 5.62. The Bertz CT molecular complexity index is 1070. The molecule has 1 aliphatic rings. The Morgan fingerprint density at radius 1 is 1.22 bits per heavy atom. The van der Waals surface area contributed by atoms with Gasteiger partial charge in [-0.15, -0.1) is 0 Å². The number of hydrogen-bond acceptors (Lipinski definition) is 6. The van der Waals surface area contributed by atoms with Crippen LogP contribution in [0.15, 0.2) is 54.6 Å². The van der Waals surface area contributed by atoms with Crippen LogP contribution in [-0.2, 0) is 9.53 Å². The van der Waals surface area contributed by atoms with E-state index in [1.54, 1.807) is 6.92 Å². The molecule has 0 fully saturated rings. The number of nitrogens with zero attached hydrogens (tertiary/aromatic N) is 1. The number of amides is 1. The minimum Gasteiger partial charge on any atom is -0.494 e. The van der Waals surface area contributed by atoms with Crippen molar-refractivity contribution in [1.29, 1.82) is 0 Å². The molecule has 168 valence electrons. The molecule has 0 saturated carbocycles. The number of aromatic nitrogens is 1. The fraction of sp³-hybridized carbons (Fsp3) is 0.190. The second-order valence-corrected chi connectivity index (χ2v) is 7.07. The molecular formula is C21H16Cl2F2N2O5. The van der Waals surface area contributed by atoms with Crippen LogP contribution in [0.25, 0.3) is 0 Å². The number of ketones is 1. The molecule has 0 bridgehead atoms. The summed E-state index contributed by atoms with van der Waals surface area (Å²) >= 11 is 12.0. The van der Waals surface area contributed by atoms with E-state index >= 15 is 0 Å². The minimum atomic E-state index is -3.14. The Balaban J connectivity index is 1.86. The van der Waals surface area contributed by atoms with Gasteiger partial charge in [-0.25, -0.2) is 0 Å². The normalized spacial score (nSPS) is 15.4. The van der Waals surface area contributed by atoms with Gasteiger partial charge in [0.25, 0.3) is 5.91 Å². The number of rotatable bonds is 8. The average Bonchev–Trinajstić information content (AvgIpc) is 2.73. The summed E-state index contributed by atoms with van der Waals surface area (Å²) in [6, 6.07) is 3.54. The van der Waals surface area contributed by atoms with E-state index in [0.29, 0.717) is 12.4 Å². The standard InChI is InChI=1S/C21H16Cl2F2N2O5/c1-2-30-12-4-6-16(15(28)8-12)31-18-7-11(3-5-17(18)32-21(24)25)20(29)27-19-13(22)9-26-10-14(19)23/h3-10,16,21H,2H2,1H3,(H,26,27,29). The van der Waals surface area contributed by atoms with E-state index in [2.05, 4.69) is 15.0 Å². The Labute approximate surface area is 191 Å². The number of nitrogens with one attached hydrogen (secondary N) is 1. The molecule has 1 amide bonds. The van der Waals surface area contributed by atoms with Crippen LogP contribution < -0.4 is 14.8 Å². The Hall–Kier alpha value is -3.17. The van der Waals surface area contributed by atoms with Gasteiger partial charge >= 0.3 is 6.61 Å². The number of carbonyl (C=O) groups excluding carboxylic acids is 2. The van der Waals surface area contributed by atoms with Gasteiger partial charge in [0.05, 0.1) is 22.3 Å². The second kappa shape index (κ2) is 10.4. The van der Waals surface area contributed by atoms with E-state index in [1.807, 2.05) is 0 Å². The molecule has 1 N–H and O–H groups in total. The van der Waals surface area contributed by atoms with Gasteiger partial charge in [0.2, 0.25) is 5.78 Å². The lowest BCUT2D eigenvalue weighted by atomic mass is 10.1. The summed E-state index contributed by atoms with van der Waals surface area (Å²) in [5.41, 5.74) is 0.144. The van der Waals surface area contributed by atoms with Crippen molar-refractivity contribution in [2.24, 2.45) is 0 Å². The zero-order valence-corrected chi connectivity index (χ0v) is 18.0. The van der Waals surface area contributed by atoms with Crippen molar-refractivity contribution in [3.63, 3.8) is 0 Å². The summed E-state index contributed by atoms with van der Waals surface area (Å²) in [6.45, 7) is -1.02. The highest BCUT2D eigenvalue weighted by atomic mass is 35.5. The number of anilines is 1. The first-order valence-electron chi connectivity index (χ1n) is 9.21. The predicted octanol–water partition coefficient (Wildman–Crippen LogP) is 5.05. The van der Waals surface area contributed by atoms with Gasteiger partial charge in [0, 0.05) is 24.0 Å². The summed E-state index contributed by atoms with van der Waals surface area (Å²) in [5.74, 6) is -1.36. The largest absolute Gasteiger partial charge is 0.494 e. The first-order chi connectivity index (χ1) is 15.3. The third-order valence-electron chi connectivity index (χ3n) is 4.08. The van der Waals surface area contributed by atoms with Crippen LogP contribution >= 0.6 is 23.2 Å². The fourth-order valence-corrected chi connectivity index (χ4v) is 3.15. The SMILES string of the molecule is CCOC1=CC(=O)C(Oc2cc(C(=O)Nc3c(Cl)cncc3Cl)ccc2OC(F)F)C=C1. The highest BCUT2D eigenvalue weighted by Gasteiger charge is 2.24. The number of carbonyl (C=O) groups is 2. The smallest absolute Gasteiger partial charge is 0.387 e. The quantitative estimate of drug-likeness (QED) is 0.564. The van der Waals surface area contributed by atoms with Crippen molar-refractivity contribution in [2.45, 2.75) is 19.6 Å². The van der Waals surface area contributed by atoms with E-state index in [1.165, 1.54) is 42.8 Å². The van der Waals surface area contributed by atoms with Gasteiger partial charge in [-0.3, -0.25) is 14.6 Å². The third-order valence-corrected chi connectivity index (χ3v) is 4.65. The zero-order chi connectivity index (χ0) is 23.3. The van der Waals surface area contributed by atoms with Crippen LogP contribution in [0.2, 0.25) is 10.0 Å². The Kier molecular flexibility index (Phi) is 7.66. The van der Waals surface area contributed by atoms with Crippen molar-refractivity contribution in [3.8, 4) is 11.5 Å². The summed E-state index contributed by atoms with van der Waals surface area (Å²) in [5, 5.41) is 2.73. The lowest BCUT2D eigenvalue weighted by Crippen LogP contribution is -2.26. The topological polar surface area (TPSA) is 86.8 Å². The van der Waals surface area contributed by atoms with Crippen LogP contribution in [0.5, 0.6) is 11.5 Å². The van der Waals surface area contributed by atoms with Gasteiger partial charge < -0.3 is 19.5 Å². The van der Waals surface area contributed by atoms with Gasteiger partial charge in [0.15, 0.2) is 17.6 Å². The predicted molar refractivity (Wildman–Crippen MR) is 114 cm³/mol. The monoisotopic (exact) mass is 484 g/mol. The molecule has 2 aromatic rings. The van der Waals surface area contributed by atoms with E-state index < -0.39 is 24.4 Å². The maximum atomic E-state index is 12.8. The molecule has 1 heterocycles. The minimum absolute atomic E-state index is 0.0170. The lowest BCUT2D eigenvalue weighted by Gasteiger charge is -2.20. The third kappa shape index (κ3) is 5.74. The lowest BCUT2D eigenvalue weighted by molar-refractivity contribution is -0.119. The maximum Gasteiger partial charge on any atom is 0.387 e. The number of ether oxygens (including phenoxy) is 3. The number of alkyl halides is 2. The molecule has 1 aliphatic carbocycles. The first kappa shape index (κ1) is 23.5. The van der Waals surface area contributed by atoms with Gasteiger partial charge in [0.1, 0.15) is 5.76 Å². The van der Waals surface area contributed by atoms with Crippen molar-refractivity contribution >= 4 is 40.6 Å². The van der Waals surface area contributed by atoms with E-state index in [0.717, 1.165) is 6.07 Å². The molecule has 1 unspecified atom stereocenters. The van der Waals surface area contributed by atoms with Gasteiger partial charge in [-0.05, 0) is 37.3 Å². The second-order valence-electron chi connectivity index (χ2n) is 6.25. The van der Waals surface area contributed by atoms with Gasteiger partial charge in [-0.1, -0.05) is 23.2 Å².